The molecule has 0 atom stereocenters. The van der Waals surface area contributed by atoms with E-state index in [9.17, 15) is 0 Å². The molecule has 0 amide bonds. The third-order valence-electron chi connectivity index (χ3n) is 2.77. The quantitative estimate of drug-likeness (QED) is 0.753. The summed E-state index contributed by atoms with van der Waals surface area (Å²) < 4.78 is 0.780. The maximum atomic E-state index is 6.12. The number of hydrogen-bond donors (Lipinski definition) is 0. The van der Waals surface area contributed by atoms with Crippen molar-refractivity contribution in [2.24, 2.45) is 0 Å². The maximum Gasteiger partial charge on any atom is 0.181 e. The van der Waals surface area contributed by atoms with Crippen LogP contribution in [-0.4, -0.2) is 15.0 Å². The van der Waals surface area contributed by atoms with Crippen molar-refractivity contribution < 1.29 is 0 Å². The second-order valence-corrected chi connectivity index (χ2v) is 5.70. The summed E-state index contributed by atoms with van der Waals surface area (Å²) in [4.78, 5) is 13.0. The molecule has 1 saturated carbocycles. The number of rotatable bonds is 2. The van der Waals surface area contributed by atoms with E-state index in [1.54, 1.807) is 18.3 Å². The Morgan fingerprint density at radius 1 is 1.22 bits per heavy atom. The summed E-state index contributed by atoms with van der Waals surface area (Å²) in [7, 11) is 0. The highest BCUT2D eigenvalue weighted by Gasteiger charge is 2.29. The van der Waals surface area contributed by atoms with Crippen molar-refractivity contribution in [2.45, 2.75) is 18.8 Å². The predicted octanol–water partition coefficient (Wildman–Crippen LogP) is 4.49. The zero-order valence-corrected chi connectivity index (χ0v) is 12.3. The van der Waals surface area contributed by atoms with E-state index in [2.05, 4.69) is 30.9 Å². The van der Waals surface area contributed by atoms with Crippen LogP contribution < -0.4 is 0 Å². The van der Waals surface area contributed by atoms with E-state index in [0.29, 0.717) is 27.6 Å². The van der Waals surface area contributed by atoms with E-state index in [1.807, 2.05) is 0 Å². The second-order valence-electron chi connectivity index (χ2n) is 4.15. The van der Waals surface area contributed by atoms with E-state index < -0.39 is 0 Å². The summed E-state index contributed by atoms with van der Waals surface area (Å²) in [5.74, 6) is 0.955. The molecule has 2 aromatic heterocycles. The largest absolute Gasteiger partial charge is 0.251 e. The van der Waals surface area contributed by atoms with Crippen LogP contribution in [0.15, 0.2) is 22.8 Å². The van der Waals surface area contributed by atoms with Gasteiger partial charge in [-0.3, -0.25) is 4.98 Å². The van der Waals surface area contributed by atoms with Gasteiger partial charge in [0, 0.05) is 12.1 Å². The number of pyridine rings is 1. The summed E-state index contributed by atoms with van der Waals surface area (Å²) in [5.41, 5.74) is 1.52. The third-order valence-corrected chi connectivity index (χ3v) is 4.36. The molecule has 3 rings (SSSR count). The lowest BCUT2D eigenvalue weighted by Crippen LogP contribution is -1.99. The zero-order chi connectivity index (χ0) is 12.7. The van der Waals surface area contributed by atoms with Crippen molar-refractivity contribution in [3.8, 4) is 11.5 Å². The summed E-state index contributed by atoms with van der Waals surface area (Å²) in [6, 6.07) is 3.54. The van der Waals surface area contributed by atoms with E-state index in [0.717, 1.165) is 23.0 Å². The van der Waals surface area contributed by atoms with E-state index in [4.69, 9.17) is 23.2 Å². The molecule has 18 heavy (non-hydrogen) atoms. The summed E-state index contributed by atoms with van der Waals surface area (Å²) in [5, 5.41) is 0.932. The van der Waals surface area contributed by atoms with Gasteiger partial charge >= 0.3 is 0 Å². The van der Waals surface area contributed by atoms with Crippen LogP contribution in [0.2, 0.25) is 10.2 Å². The Morgan fingerprint density at radius 2 is 2.00 bits per heavy atom. The Bertz CT molecular complexity index is 614. The molecule has 0 aromatic carbocycles. The van der Waals surface area contributed by atoms with Crippen molar-refractivity contribution in [1.29, 1.82) is 0 Å². The third kappa shape index (κ3) is 2.25. The predicted molar refractivity (Wildman–Crippen MR) is 75.0 cm³/mol. The van der Waals surface area contributed by atoms with Crippen LogP contribution in [0.5, 0.6) is 0 Å². The van der Waals surface area contributed by atoms with Crippen molar-refractivity contribution in [3.63, 3.8) is 0 Å². The second kappa shape index (κ2) is 4.76. The fraction of sp³-hybridized carbons (Fsp3) is 0.250. The molecule has 1 fully saturated rings. The lowest BCUT2D eigenvalue weighted by atomic mass is 10.2. The van der Waals surface area contributed by atoms with Crippen molar-refractivity contribution in [1.82, 2.24) is 15.0 Å². The van der Waals surface area contributed by atoms with Gasteiger partial charge in [-0.2, -0.15) is 0 Å². The van der Waals surface area contributed by atoms with Crippen molar-refractivity contribution >= 4 is 39.1 Å². The normalized spacial score (nSPS) is 14.8. The molecule has 0 saturated heterocycles. The monoisotopic (exact) mass is 343 g/mol. The molecule has 0 radical (unpaired) electrons. The van der Waals surface area contributed by atoms with Gasteiger partial charge in [0.1, 0.15) is 10.8 Å². The number of halogens is 3. The zero-order valence-electron chi connectivity index (χ0n) is 9.20. The Morgan fingerprint density at radius 3 is 2.67 bits per heavy atom. The minimum atomic E-state index is 0.406. The van der Waals surface area contributed by atoms with Gasteiger partial charge in [0.05, 0.1) is 15.2 Å². The molecule has 1 aliphatic rings. The molecule has 0 unspecified atom stereocenters. The van der Waals surface area contributed by atoms with Gasteiger partial charge in [-0.05, 0) is 40.9 Å². The molecule has 0 aliphatic heterocycles. The molecule has 2 heterocycles. The fourth-order valence-corrected chi connectivity index (χ4v) is 2.60. The SMILES string of the molecule is Clc1cccnc1-c1nc(Cl)c(Br)c(C2CC2)n1. The Labute approximate surface area is 123 Å². The van der Waals surface area contributed by atoms with Crippen LogP contribution in [0.1, 0.15) is 24.5 Å². The molecule has 0 N–H and O–H groups in total. The van der Waals surface area contributed by atoms with Gasteiger partial charge in [-0.25, -0.2) is 9.97 Å². The Balaban J connectivity index is 2.16. The van der Waals surface area contributed by atoms with Gasteiger partial charge in [0.25, 0.3) is 0 Å². The van der Waals surface area contributed by atoms with Gasteiger partial charge < -0.3 is 0 Å². The summed E-state index contributed by atoms with van der Waals surface area (Å²) in [6.07, 6.45) is 3.94. The molecule has 92 valence electrons. The highest BCUT2D eigenvalue weighted by atomic mass is 79.9. The standard InChI is InChI=1S/C12H8BrCl2N3/c13-8-9(6-3-4-6)17-12(18-11(8)15)10-7(14)2-1-5-16-10/h1-2,5-6H,3-4H2. The molecular weight excluding hydrogens is 337 g/mol. The van der Waals surface area contributed by atoms with Crippen LogP contribution >= 0.6 is 39.1 Å². The molecule has 1 aliphatic carbocycles. The fourth-order valence-electron chi connectivity index (χ4n) is 1.72. The number of aromatic nitrogens is 3. The van der Waals surface area contributed by atoms with Crippen molar-refractivity contribution in [3.05, 3.63) is 38.7 Å². The average molecular weight is 345 g/mol. The van der Waals surface area contributed by atoms with Crippen LogP contribution in [0, 0.1) is 0 Å². The first-order valence-corrected chi connectivity index (χ1v) is 7.05. The number of nitrogens with zero attached hydrogens (tertiary/aromatic N) is 3. The highest BCUT2D eigenvalue weighted by molar-refractivity contribution is 9.10. The summed E-state index contributed by atoms with van der Waals surface area (Å²) in [6.45, 7) is 0. The van der Waals surface area contributed by atoms with E-state index in [1.165, 1.54) is 0 Å². The lowest BCUT2D eigenvalue weighted by Gasteiger charge is -2.07. The first-order chi connectivity index (χ1) is 8.66. The van der Waals surface area contributed by atoms with E-state index >= 15 is 0 Å². The average Bonchev–Trinajstić information content (AvgIpc) is 3.17. The molecule has 0 bridgehead atoms. The minimum Gasteiger partial charge on any atom is -0.251 e. The molecule has 2 aromatic rings. The summed E-state index contributed by atoms with van der Waals surface area (Å²) >= 11 is 15.7. The van der Waals surface area contributed by atoms with Crippen LogP contribution in [-0.2, 0) is 0 Å². The number of hydrogen-bond acceptors (Lipinski definition) is 3. The lowest BCUT2D eigenvalue weighted by molar-refractivity contribution is 0.973. The van der Waals surface area contributed by atoms with Gasteiger partial charge in [0.15, 0.2) is 5.82 Å². The topological polar surface area (TPSA) is 38.7 Å². The van der Waals surface area contributed by atoms with Crippen LogP contribution in [0.3, 0.4) is 0 Å². The van der Waals surface area contributed by atoms with Crippen LogP contribution in [0.25, 0.3) is 11.5 Å². The molecule has 0 spiro atoms. The van der Waals surface area contributed by atoms with E-state index in [-0.39, 0.29) is 0 Å². The highest BCUT2D eigenvalue weighted by Crippen LogP contribution is 2.44. The van der Waals surface area contributed by atoms with Crippen LogP contribution in [0.4, 0.5) is 0 Å². The molecular formula is C12H8BrCl2N3. The minimum absolute atomic E-state index is 0.406. The Kier molecular flexibility index (Phi) is 3.26. The van der Waals surface area contributed by atoms with Crippen molar-refractivity contribution in [2.75, 3.05) is 0 Å². The molecule has 6 heteroatoms. The van der Waals surface area contributed by atoms with Gasteiger partial charge in [0.2, 0.25) is 0 Å². The smallest absolute Gasteiger partial charge is 0.181 e. The van der Waals surface area contributed by atoms with Gasteiger partial charge in [-0.15, -0.1) is 0 Å². The maximum absolute atomic E-state index is 6.12. The first-order valence-electron chi connectivity index (χ1n) is 5.50. The Hall–Kier alpha value is -0.710. The van der Waals surface area contributed by atoms with Gasteiger partial charge in [-0.1, -0.05) is 23.2 Å². The first kappa shape index (κ1) is 12.3. The molecule has 3 nitrogen and oxygen atoms in total.